The van der Waals surface area contributed by atoms with E-state index in [1.165, 1.54) is 0 Å². The van der Waals surface area contributed by atoms with E-state index in [1.807, 2.05) is 36.4 Å². The Labute approximate surface area is 177 Å². The number of nitrogens with one attached hydrogen (secondary N) is 2. The summed E-state index contributed by atoms with van der Waals surface area (Å²) in [6, 6.07) is 18.1. The van der Waals surface area contributed by atoms with Crippen LogP contribution in [0.3, 0.4) is 0 Å². The van der Waals surface area contributed by atoms with Crippen LogP contribution in [0.15, 0.2) is 64.2 Å². The molecule has 4 aromatic rings. The van der Waals surface area contributed by atoms with Crippen molar-refractivity contribution in [2.24, 2.45) is 5.73 Å². The zero-order chi connectivity index (χ0) is 22.4. The van der Waals surface area contributed by atoms with E-state index in [4.69, 9.17) is 10.8 Å². The Morgan fingerprint density at radius 1 is 0.903 bits per heavy atom. The van der Waals surface area contributed by atoms with Crippen LogP contribution >= 0.6 is 0 Å². The van der Waals surface area contributed by atoms with Gasteiger partial charge < -0.3 is 20.9 Å². The minimum Gasteiger partial charge on any atom is -0.477 e. The molecule has 8 heteroatoms. The molecule has 0 aliphatic rings. The molecule has 0 unspecified atom stereocenters. The standard InChI is InChI=1S/C21H16N2O4.C2H7NO/c24-19-17(18(20(25)26)22-21(27)23-19)10-9-13-11-12-5-1-2-6-14(12)16-8-4-3-7-15(13)16;3-1-2-4/h1-8,11H,9-10H2,(H,25,26)(H2,22,23,24,27);4H,1-3H2. The number of carboxylic acids is 1. The van der Waals surface area contributed by atoms with Crippen molar-refractivity contribution < 1.29 is 15.0 Å². The lowest BCUT2D eigenvalue weighted by Crippen LogP contribution is -2.30. The van der Waals surface area contributed by atoms with Crippen LogP contribution < -0.4 is 17.0 Å². The van der Waals surface area contributed by atoms with Crippen LogP contribution in [-0.2, 0) is 12.8 Å². The summed E-state index contributed by atoms with van der Waals surface area (Å²) in [6.45, 7) is 0.472. The van der Waals surface area contributed by atoms with Gasteiger partial charge in [-0.05, 0) is 39.9 Å². The number of aliphatic hydroxyl groups excluding tert-OH is 1. The number of nitrogens with two attached hydrogens (primary N) is 1. The molecule has 1 heterocycles. The lowest BCUT2D eigenvalue weighted by Gasteiger charge is -2.11. The van der Waals surface area contributed by atoms with Crippen LogP contribution in [0, 0.1) is 0 Å². The van der Waals surface area contributed by atoms with Gasteiger partial charge in [0.05, 0.1) is 6.61 Å². The molecule has 0 spiro atoms. The molecule has 1 aromatic heterocycles. The number of carbonyl (C=O) groups is 1. The van der Waals surface area contributed by atoms with Crippen molar-refractivity contribution in [1.29, 1.82) is 0 Å². The molecule has 0 aliphatic heterocycles. The minimum absolute atomic E-state index is 0.0688. The summed E-state index contributed by atoms with van der Waals surface area (Å²) in [6.07, 6.45) is 0.677. The molecule has 0 bridgehead atoms. The molecule has 0 aliphatic carbocycles. The smallest absolute Gasteiger partial charge is 0.352 e. The average Bonchev–Trinajstić information content (AvgIpc) is 2.78. The topological polar surface area (TPSA) is 149 Å². The predicted octanol–water partition coefficient (Wildman–Crippen LogP) is 1.79. The summed E-state index contributed by atoms with van der Waals surface area (Å²) in [5.41, 5.74) is 4.03. The van der Waals surface area contributed by atoms with Gasteiger partial charge in [-0.2, -0.15) is 0 Å². The molecule has 4 rings (SSSR count). The molecule has 3 aromatic carbocycles. The Hall–Kier alpha value is -3.75. The van der Waals surface area contributed by atoms with E-state index in [0.29, 0.717) is 13.0 Å². The third-order valence-corrected chi connectivity index (χ3v) is 4.88. The molecular weight excluding hydrogens is 398 g/mol. The molecule has 0 atom stereocenters. The summed E-state index contributed by atoms with van der Waals surface area (Å²) in [7, 11) is 0. The summed E-state index contributed by atoms with van der Waals surface area (Å²) < 4.78 is 0. The van der Waals surface area contributed by atoms with Crippen LogP contribution in [0.4, 0.5) is 0 Å². The number of carboxylic acid groups (broad SMARTS) is 1. The molecule has 8 nitrogen and oxygen atoms in total. The number of aromatic nitrogens is 2. The van der Waals surface area contributed by atoms with Crippen molar-refractivity contribution in [2.45, 2.75) is 12.8 Å². The van der Waals surface area contributed by atoms with Gasteiger partial charge in [-0.25, -0.2) is 9.59 Å². The Balaban J connectivity index is 0.000000628. The fourth-order valence-corrected chi connectivity index (χ4v) is 3.53. The van der Waals surface area contributed by atoms with Gasteiger partial charge in [0.25, 0.3) is 5.56 Å². The number of aryl methyl sites for hydroxylation is 1. The largest absolute Gasteiger partial charge is 0.477 e. The third-order valence-electron chi connectivity index (χ3n) is 4.88. The van der Waals surface area contributed by atoms with Gasteiger partial charge in [0, 0.05) is 12.1 Å². The monoisotopic (exact) mass is 421 g/mol. The first-order chi connectivity index (χ1) is 15.0. The summed E-state index contributed by atoms with van der Waals surface area (Å²) in [5, 5.41) is 21.5. The number of rotatable bonds is 5. The van der Waals surface area contributed by atoms with E-state index in [-0.39, 0.29) is 24.3 Å². The van der Waals surface area contributed by atoms with Gasteiger partial charge in [0.15, 0.2) is 0 Å². The quantitative estimate of drug-likeness (QED) is 0.310. The first-order valence-corrected chi connectivity index (χ1v) is 9.75. The first kappa shape index (κ1) is 21.9. The van der Waals surface area contributed by atoms with Gasteiger partial charge in [-0.3, -0.25) is 9.78 Å². The maximum absolute atomic E-state index is 12.1. The average molecular weight is 421 g/mol. The second-order valence-electron chi connectivity index (χ2n) is 6.88. The number of fused-ring (bicyclic) bond motifs is 3. The second-order valence-corrected chi connectivity index (χ2v) is 6.88. The van der Waals surface area contributed by atoms with Gasteiger partial charge in [-0.1, -0.05) is 54.6 Å². The van der Waals surface area contributed by atoms with E-state index < -0.39 is 17.2 Å². The Bertz CT molecular complexity index is 1340. The van der Waals surface area contributed by atoms with Gasteiger partial charge in [0.1, 0.15) is 5.69 Å². The Morgan fingerprint density at radius 3 is 2.16 bits per heavy atom. The van der Waals surface area contributed by atoms with Crippen LogP contribution in [0.2, 0.25) is 0 Å². The molecule has 0 amide bonds. The van der Waals surface area contributed by atoms with Crippen LogP contribution in [0.1, 0.15) is 21.6 Å². The maximum atomic E-state index is 12.1. The lowest BCUT2D eigenvalue weighted by atomic mass is 9.94. The molecule has 31 heavy (non-hydrogen) atoms. The molecule has 160 valence electrons. The highest BCUT2D eigenvalue weighted by Gasteiger charge is 2.16. The van der Waals surface area contributed by atoms with Crippen molar-refractivity contribution in [3.05, 3.63) is 92.3 Å². The van der Waals surface area contributed by atoms with E-state index >= 15 is 0 Å². The highest BCUT2D eigenvalue weighted by molar-refractivity contribution is 6.08. The molecule has 6 N–H and O–H groups in total. The molecule has 0 fully saturated rings. The van der Waals surface area contributed by atoms with Crippen molar-refractivity contribution in [3.8, 4) is 0 Å². The van der Waals surface area contributed by atoms with Crippen LogP contribution in [0.5, 0.6) is 0 Å². The summed E-state index contributed by atoms with van der Waals surface area (Å²) >= 11 is 0. The van der Waals surface area contributed by atoms with E-state index in [1.54, 1.807) is 0 Å². The number of aliphatic hydroxyl groups is 1. The Kier molecular flexibility index (Phi) is 6.96. The fraction of sp³-hybridized carbons (Fsp3) is 0.174. The number of aromatic carboxylic acids is 1. The number of H-pyrrole nitrogens is 2. The van der Waals surface area contributed by atoms with Crippen molar-refractivity contribution in [3.63, 3.8) is 0 Å². The molecule has 0 saturated carbocycles. The minimum atomic E-state index is -1.32. The number of hydrogen-bond donors (Lipinski definition) is 5. The zero-order valence-corrected chi connectivity index (χ0v) is 16.7. The van der Waals surface area contributed by atoms with Crippen molar-refractivity contribution >= 4 is 27.5 Å². The van der Waals surface area contributed by atoms with Gasteiger partial charge in [0.2, 0.25) is 0 Å². The fourth-order valence-electron chi connectivity index (χ4n) is 3.53. The lowest BCUT2D eigenvalue weighted by molar-refractivity contribution is 0.0688. The van der Waals surface area contributed by atoms with E-state index in [0.717, 1.165) is 27.1 Å². The zero-order valence-electron chi connectivity index (χ0n) is 16.7. The number of hydrogen-bond acceptors (Lipinski definition) is 5. The second kappa shape index (κ2) is 9.84. The van der Waals surface area contributed by atoms with E-state index in [2.05, 4.69) is 28.2 Å². The van der Waals surface area contributed by atoms with E-state index in [9.17, 15) is 19.5 Å². The van der Waals surface area contributed by atoms with Crippen LogP contribution in [-0.4, -0.2) is 39.3 Å². The highest BCUT2D eigenvalue weighted by Crippen LogP contribution is 2.29. The molecular formula is C23H23N3O5. The maximum Gasteiger partial charge on any atom is 0.352 e. The SMILES string of the molecule is NCCO.O=C(O)c1[nH]c(=O)[nH]c(=O)c1CCc1cc2ccccc2c2ccccc12. The molecule has 0 saturated heterocycles. The summed E-state index contributed by atoms with van der Waals surface area (Å²) in [5.74, 6) is -1.32. The van der Waals surface area contributed by atoms with Crippen molar-refractivity contribution in [2.75, 3.05) is 13.2 Å². The van der Waals surface area contributed by atoms with Gasteiger partial charge >= 0.3 is 11.7 Å². The number of benzene rings is 3. The third kappa shape index (κ3) is 4.88. The first-order valence-electron chi connectivity index (χ1n) is 9.75. The van der Waals surface area contributed by atoms with Crippen molar-refractivity contribution in [1.82, 2.24) is 9.97 Å². The van der Waals surface area contributed by atoms with Crippen LogP contribution in [0.25, 0.3) is 21.5 Å². The van der Waals surface area contributed by atoms with Gasteiger partial charge in [-0.15, -0.1) is 0 Å². The normalized spacial score (nSPS) is 10.6. The highest BCUT2D eigenvalue weighted by atomic mass is 16.4. The molecule has 0 radical (unpaired) electrons. The summed E-state index contributed by atoms with van der Waals surface area (Å²) in [4.78, 5) is 39.2. The number of aromatic amines is 2. The predicted molar refractivity (Wildman–Crippen MR) is 120 cm³/mol. The Morgan fingerprint density at radius 2 is 1.52 bits per heavy atom.